The van der Waals surface area contributed by atoms with Crippen molar-refractivity contribution in [3.8, 4) is 5.75 Å². The van der Waals surface area contributed by atoms with Crippen molar-refractivity contribution in [1.29, 1.82) is 0 Å². The third-order valence-corrected chi connectivity index (χ3v) is 3.13. The van der Waals surface area contributed by atoms with Crippen LogP contribution in [0.2, 0.25) is 0 Å². The Hall–Kier alpha value is -2.57. The van der Waals surface area contributed by atoms with Gasteiger partial charge in [-0.2, -0.15) is 4.98 Å². The highest BCUT2D eigenvalue weighted by Crippen LogP contribution is 2.24. The van der Waals surface area contributed by atoms with Gasteiger partial charge in [0.2, 0.25) is 5.95 Å². The van der Waals surface area contributed by atoms with E-state index >= 15 is 0 Å². The zero-order valence-electron chi connectivity index (χ0n) is 12.2. The second kappa shape index (κ2) is 7.62. The van der Waals surface area contributed by atoms with E-state index in [0.717, 1.165) is 16.6 Å². The summed E-state index contributed by atoms with van der Waals surface area (Å²) in [7, 11) is 0. The summed E-state index contributed by atoms with van der Waals surface area (Å²) in [5, 5.41) is 25.4. The standard InChI is InChI=1S/C16H16N4O2.ClH/c21-10-9-17-15-13-3-1-2-4-14(13)19-16(20-15)18-11-5-7-12(22)8-6-11;/h1-8,21-22H,9-10H2,(H2,17,18,19,20);1H. The van der Waals surface area contributed by atoms with Crippen molar-refractivity contribution in [3.63, 3.8) is 0 Å². The van der Waals surface area contributed by atoms with Crippen LogP contribution in [0, 0.1) is 0 Å². The van der Waals surface area contributed by atoms with Gasteiger partial charge in [0.15, 0.2) is 0 Å². The molecule has 23 heavy (non-hydrogen) atoms. The third kappa shape index (κ3) is 4.00. The number of aliphatic hydroxyl groups is 1. The molecule has 120 valence electrons. The molecule has 0 spiro atoms. The van der Waals surface area contributed by atoms with Crippen molar-refractivity contribution in [2.24, 2.45) is 0 Å². The van der Waals surface area contributed by atoms with E-state index in [1.54, 1.807) is 24.3 Å². The highest BCUT2D eigenvalue weighted by atomic mass is 35.5. The van der Waals surface area contributed by atoms with E-state index < -0.39 is 0 Å². The van der Waals surface area contributed by atoms with Gasteiger partial charge in [-0.25, -0.2) is 4.98 Å². The number of aromatic hydroxyl groups is 1. The molecule has 0 bridgehead atoms. The SMILES string of the molecule is Cl.OCCNc1nc(Nc2ccc(O)cc2)nc2ccccc12. The first-order chi connectivity index (χ1) is 10.8. The molecular formula is C16H17ClN4O2. The predicted molar refractivity (Wildman–Crippen MR) is 93.8 cm³/mol. The molecule has 1 heterocycles. The first-order valence-electron chi connectivity index (χ1n) is 6.94. The fraction of sp³-hybridized carbons (Fsp3) is 0.125. The lowest BCUT2D eigenvalue weighted by molar-refractivity contribution is 0.311. The highest BCUT2D eigenvalue weighted by Gasteiger charge is 2.07. The molecule has 3 rings (SSSR count). The lowest BCUT2D eigenvalue weighted by atomic mass is 10.2. The van der Waals surface area contributed by atoms with Crippen LogP contribution in [-0.4, -0.2) is 33.3 Å². The molecule has 0 atom stereocenters. The van der Waals surface area contributed by atoms with Gasteiger partial charge in [0, 0.05) is 17.6 Å². The number of anilines is 3. The van der Waals surface area contributed by atoms with Gasteiger partial charge in [-0.15, -0.1) is 12.4 Å². The molecule has 0 saturated heterocycles. The van der Waals surface area contributed by atoms with Crippen molar-refractivity contribution in [3.05, 3.63) is 48.5 Å². The average Bonchev–Trinajstić information content (AvgIpc) is 2.55. The number of nitrogens with one attached hydrogen (secondary N) is 2. The van der Waals surface area contributed by atoms with Gasteiger partial charge in [-0.05, 0) is 36.4 Å². The summed E-state index contributed by atoms with van der Waals surface area (Å²) in [6, 6.07) is 14.3. The molecule has 0 aliphatic heterocycles. The van der Waals surface area contributed by atoms with Gasteiger partial charge >= 0.3 is 0 Å². The average molecular weight is 333 g/mol. The molecule has 0 fully saturated rings. The molecule has 6 nitrogen and oxygen atoms in total. The van der Waals surface area contributed by atoms with E-state index in [0.29, 0.717) is 18.3 Å². The van der Waals surface area contributed by atoms with Crippen LogP contribution in [0.4, 0.5) is 17.5 Å². The van der Waals surface area contributed by atoms with Crippen molar-refractivity contribution in [1.82, 2.24) is 9.97 Å². The van der Waals surface area contributed by atoms with Crippen molar-refractivity contribution >= 4 is 40.8 Å². The van der Waals surface area contributed by atoms with E-state index in [1.807, 2.05) is 24.3 Å². The monoisotopic (exact) mass is 332 g/mol. The second-order valence-electron chi connectivity index (χ2n) is 4.74. The highest BCUT2D eigenvalue weighted by molar-refractivity contribution is 5.90. The minimum absolute atomic E-state index is 0. The van der Waals surface area contributed by atoms with Gasteiger partial charge in [0.25, 0.3) is 0 Å². The summed E-state index contributed by atoms with van der Waals surface area (Å²) >= 11 is 0. The Balaban J connectivity index is 0.00000192. The van der Waals surface area contributed by atoms with Crippen molar-refractivity contribution < 1.29 is 10.2 Å². The van der Waals surface area contributed by atoms with Crippen LogP contribution >= 0.6 is 12.4 Å². The lowest BCUT2D eigenvalue weighted by Gasteiger charge is -2.11. The number of aliphatic hydroxyl groups excluding tert-OH is 1. The van der Waals surface area contributed by atoms with E-state index in [4.69, 9.17) is 5.11 Å². The van der Waals surface area contributed by atoms with E-state index in [9.17, 15) is 5.11 Å². The maximum absolute atomic E-state index is 9.31. The molecule has 0 radical (unpaired) electrons. The van der Waals surface area contributed by atoms with Gasteiger partial charge < -0.3 is 20.8 Å². The fourth-order valence-electron chi connectivity index (χ4n) is 2.12. The van der Waals surface area contributed by atoms with Crippen LogP contribution in [0.5, 0.6) is 5.75 Å². The zero-order chi connectivity index (χ0) is 15.4. The van der Waals surface area contributed by atoms with Crippen LogP contribution < -0.4 is 10.6 Å². The molecule has 0 aliphatic rings. The molecule has 0 unspecified atom stereocenters. The summed E-state index contributed by atoms with van der Waals surface area (Å²) in [6.45, 7) is 0.443. The number of benzene rings is 2. The summed E-state index contributed by atoms with van der Waals surface area (Å²) in [5.41, 5.74) is 1.58. The largest absolute Gasteiger partial charge is 0.508 e. The predicted octanol–water partition coefficient (Wildman–Crippen LogP) is 2.91. The number of para-hydroxylation sites is 1. The fourth-order valence-corrected chi connectivity index (χ4v) is 2.12. The quantitative estimate of drug-likeness (QED) is 0.537. The Morgan fingerprint density at radius 3 is 2.43 bits per heavy atom. The van der Waals surface area contributed by atoms with E-state index in [1.165, 1.54) is 0 Å². The number of rotatable bonds is 5. The van der Waals surface area contributed by atoms with Crippen LogP contribution in [0.3, 0.4) is 0 Å². The molecule has 7 heteroatoms. The molecule has 0 aliphatic carbocycles. The Labute approximate surface area is 139 Å². The van der Waals surface area contributed by atoms with Crippen molar-refractivity contribution in [2.45, 2.75) is 0 Å². The normalized spacial score (nSPS) is 10.1. The number of halogens is 1. The Morgan fingerprint density at radius 1 is 0.957 bits per heavy atom. The smallest absolute Gasteiger partial charge is 0.229 e. The molecule has 0 saturated carbocycles. The maximum Gasteiger partial charge on any atom is 0.229 e. The molecule has 4 N–H and O–H groups in total. The number of hydrogen-bond donors (Lipinski definition) is 4. The van der Waals surface area contributed by atoms with Gasteiger partial charge in [-0.1, -0.05) is 12.1 Å². The van der Waals surface area contributed by atoms with E-state index in [-0.39, 0.29) is 24.8 Å². The minimum Gasteiger partial charge on any atom is -0.508 e. The number of fused-ring (bicyclic) bond motifs is 1. The first kappa shape index (κ1) is 16.8. The minimum atomic E-state index is 0. The second-order valence-corrected chi connectivity index (χ2v) is 4.74. The Bertz CT molecular complexity index is 781. The van der Waals surface area contributed by atoms with E-state index in [2.05, 4.69) is 20.6 Å². The number of nitrogens with zero attached hydrogens (tertiary/aromatic N) is 2. The molecule has 3 aromatic rings. The maximum atomic E-state index is 9.31. The Kier molecular flexibility index (Phi) is 5.56. The van der Waals surface area contributed by atoms with Crippen LogP contribution in [0.1, 0.15) is 0 Å². The third-order valence-electron chi connectivity index (χ3n) is 3.13. The molecule has 2 aromatic carbocycles. The molecule has 1 aromatic heterocycles. The van der Waals surface area contributed by atoms with Gasteiger partial charge in [0.1, 0.15) is 11.6 Å². The summed E-state index contributed by atoms with van der Waals surface area (Å²) in [6.07, 6.45) is 0. The first-order valence-corrected chi connectivity index (χ1v) is 6.94. The Morgan fingerprint density at radius 2 is 1.70 bits per heavy atom. The summed E-state index contributed by atoms with van der Waals surface area (Å²) in [5.74, 6) is 1.32. The van der Waals surface area contributed by atoms with Crippen LogP contribution in [-0.2, 0) is 0 Å². The van der Waals surface area contributed by atoms with Crippen LogP contribution in [0.25, 0.3) is 10.9 Å². The van der Waals surface area contributed by atoms with Gasteiger partial charge in [0.05, 0.1) is 12.1 Å². The van der Waals surface area contributed by atoms with Gasteiger partial charge in [-0.3, -0.25) is 0 Å². The lowest BCUT2D eigenvalue weighted by Crippen LogP contribution is -2.09. The van der Waals surface area contributed by atoms with Crippen molar-refractivity contribution in [2.75, 3.05) is 23.8 Å². The topological polar surface area (TPSA) is 90.3 Å². The molecule has 0 amide bonds. The molecular weight excluding hydrogens is 316 g/mol. The number of aromatic nitrogens is 2. The summed E-state index contributed by atoms with van der Waals surface area (Å²) in [4.78, 5) is 8.92. The number of hydrogen-bond acceptors (Lipinski definition) is 6. The number of phenols is 1. The van der Waals surface area contributed by atoms with Crippen LogP contribution in [0.15, 0.2) is 48.5 Å². The zero-order valence-corrected chi connectivity index (χ0v) is 13.0. The summed E-state index contributed by atoms with van der Waals surface area (Å²) < 4.78 is 0. The number of phenolic OH excluding ortho intramolecular Hbond substituents is 1.